The van der Waals surface area contributed by atoms with Crippen LogP contribution in [0.4, 0.5) is 0 Å². The molecule has 0 saturated heterocycles. The molecule has 0 aromatic heterocycles. The van der Waals surface area contributed by atoms with Crippen molar-refractivity contribution in [3.63, 3.8) is 0 Å². The number of benzene rings is 1. The summed E-state index contributed by atoms with van der Waals surface area (Å²) < 4.78 is 20.3. The van der Waals surface area contributed by atoms with Gasteiger partial charge in [-0.25, -0.2) is 4.79 Å². The zero-order chi connectivity index (χ0) is 14.4. The first-order chi connectivity index (χ1) is 9.70. The van der Waals surface area contributed by atoms with Crippen LogP contribution in [0.5, 0.6) is 11.5 Å². The monoisotopic (exact) mass is 298 g/mol. The highest BCUT2D eigenvalue weighted by molar-refractivity contribution is 6.32. The molecule has 2 rings (SSSR count). The maximum Gasteiger partial charge on any atom is 0.330 e. The third-order valence-corrected chi connectivity index (χ3v) is 2.88. The number of hydrogen-bond donors (Lipinski definition) is 0. The van der Waals surface area contributed by atoms with Gasteiger partial charge in [0, 0.05) is 26.2 Å². The molecular formula is C14H15ClO5. The molecule has 1 aromatic rings. The van der Waals surface area contributed by atoms with Gasteiger partial charge in [-0.1, -0.05) is 11.6 Å². The summed E-state index contributed by atoms with van der Waals surface area (Å²) in [5.41, 5.74) is 0.744. The lowest BCUT2D eigenvalue weighted by Crippen LogP contribution is -2.04. The molecule has 0 unspecified atom stereocenters. The minimum Gasteiger partial charge on any atom is -0.462 e. The van der Waals surface area contributed by atoms with Crippen LogP contribution < -0.4 is 9.47 Å². The van der Waals surface area contributed by atoms with E-state index in [0.717, 1.165) is 5.56 Å². The van der Waals surface area contributed by atoms with Gasteiger partial charge < -0.3 is 18.9 Å². The predicted octanol–water partition coefficient (Wildman–Crippen LogP) is 2.66. The Morgan fingerprint density at radius 2 is 2.25 bits per heavy atom. The molecule has 1 heterocycles. The lowest BCUT2D eigenvalue weighted by atomic mass is 10.2. The molecule has 6 heteroatoms. The molecule has 0 amide bonds. The van der Waals surface area contributed by atoms with Gasteiger partial charge in [-0.15, -0.1) is 0 Å². The van der Waals surface area contributed by atoms with E-state index in [4.69, 9.17) is 30.5 Å². The van der Waals surface area contributed by atoms with Crippen molar-refractivity contribution in [3.8, 4) is 11.5 Å². The fourth-order valence-corrected chi connectivity index (χ4v) is 1.95. The first-order valence-electron chi connectivity index (χ1n) is 6.13. The number of carbonyl (C=O) groups excluding carboxylic acids is 1. The summed E-state index contributed by atoms with van der Waals surface area (Å²) in [6.07, 6.45) is 3.64. The van der Waals surface area contributed by atoms with Crippen LogP contribution in [-0.4, -0.2) is 33.1 Å². The summed E-state index contributed by atoms with van der Waals surface area (Å²) >= 11 is 6.04. The molecule has 0 atom stereocenters. The SMILES string of the molecule is COCCCOC(=O)C=Cc1cc(Cl)c2c(c1)OCO2. The van der Waals surface area contributed by atoms with Crippen LogP contribution in [0.25, 0.3) is 6.08 Å². The van der Waals surface area contributed by atoms with Crippen molar-refractivity contribution >= 4 is 23.6 Å². The van der Waals surface area contributed by atoms with Gasteiger partial charge in [0.25, 0.3) is 0 Å². The fraction of sp³-hybridized carbons (Fsp3) is 0.357. The van der Waals surface area contributed by atoms with Crippen LogP contribution in [-0.2, 0) is 14.3 Å². The Kier molecular flexibility index (Phi) is 5.26. The number of fused-ring (bicyclic) bond motifs is 1. The van der Waals surface area contributed by atoms with Crippen LogP contribution in [0.2, 0.25) is 5.02 Å². The third-order valence-electron chi connectivity index (χ3n) is 2.60. The molecule has 5 nitrogen and oxygen atoms in total. The number of carbonyl (C=O) groups is 1. The van der Waals surface area contributed by atoms with Crippen LogP contribution >= 0.6 is 11.6 Å². The number of ether oxygens (including phenoxy) is 4. The van der Waals surface area contributed by atoms with Crippen molar-refractivity contribution in [2.24, 2.45) is 0 Å². The van der Waals surface area contributed by atoms with Crippen LogP contribution in [0.15, 0.2) is 18.2 Å². The maximum absolute atomic E-state index is 11.5. The normalized spacial score (nSPS) is 12.9. The summed E-state index contributed by atoms with van der Waals surface area (Å²) in [5, 5.41) is 0.452. The highest BCUT2D eigenvalue weighted by Gasteiger charge is 2.17. The van der Waals surface area contributed by atoms with E-state index in [1.54, 1.807) is 25.3 Å². The third kappa shape index (κ3) is 3.88. The van der Waals surface area contributed by atoms with Gasteiger partial charge in [-0.05, 0) is 23.8 Å². The molecular weight excluding hydrogens is 284 g/mol. The van der Waals surface area contributed by atoms with Gasteiger partial charge >= 0.3 is 5.97 Å². The van der Waals surface area contributed by atoms with Crippen molar-refractivity contribution in [2.75, 3.05) is 27.1 Å². The van der Waals surface area contributed by atoms with Crippen molar-refractivity contribution in [2.45, 2.75) is 6.42 Å². The van der Waals surface area contributed by atoms with Gasteiger partial charge in [-0.3, -0.25) is 0 Å². The Morgan fingerprint density at radius 1 is 1.40 bits per heavy atom. The van der Waals surface area contributed by atoms with E-state index >= 15 is 0 Å². The number of esters is 1. The quantitative estimate of drug-likeness (QED) is 0.459. The Hall–Kier alpha value is -1.72. The molecule has 1 aliphatic rings. The molecule has 1 aliphatic heterocycles. The molecule has 1 aromatic carbocycles. The average Bonchev–Trinajstić information content (AvgIpc) is 2.90. The number of methoxy groups -OCH3 is 1. The van der Waals surface area contributed by atoms with Gasteiger partial charge in [0.1, 0.15) is 0 Å². The lowest BCUT2D eigenvalue weighted by Gasteiger charge is -2.02. The maximum atomic E-state index is 11.5. The second-order valence-corrected chi connectivity index (χ2v) is 4.49. The van der Waals surface area contributed by atoms with E-state index in [-0.39, 0.29) is 6.79 Å². The zero-order valence-electron chi connectivity index (χ0n) is 11.1. The van der Waals surface area contributed by atoms with E-state index in [1.807, 2.05) is 0 Å². The molecule has 20 heavy (non-hydrogen) atoms. The number of halogens is 1. The molecule has 0 fully saturated rings. The summed E-state index contributed by atoms with van der Waals surface area (Å²) in [6, 6.07) is 3.45. The van der Waals surface area contributed by atoms with Gasteiger partial charge in [0.2, 0.25) is 6.79 Å². The summed E-state index contributed by atoms with van der Waals surface area (Å²) in [6.45, 7) is 1.05. The molecule has 0 aliphatic carbocycles. The molecule has 0 saturated carbocycles. The highest BCUT2D eigenvalue weighted by Crippen LogP contribution is 2.39. The second kappa shape index (κ2) is 7.17. The van der Waals surface area contributed by atoms with E-state index in [9.17, 15) is 4.79 Å². The van der Waals surface area contributed by atoms with Gasteiger partial charge in [-0.2, -0.15) is 0 Å². The summed E-state index contributed by atoms with van der Waals surface area (Å²) in [5.74, 6) is 0.700. The molecule has 0 radical (unpaired) electrons. The molecule has 0 bridgehead atoms. The van der Waals surface area contributed by atoms with Crippen LogP contribution in [0.3, 0.4) is 0 Å². The van der Waals surface area contributed by atoms with E-state index in [0.29, 0.717) is 36.2 Å². The van der Waals surface area contributed by atoms with Crippen molar-refractivity contribution in [3.05, 3.63) is 28.8 Å². The Bertz CT molecular complexity index is 513. The first-order valence-corrected chi connectivity index (χ1v) is 6.51. The number of rotatable bonds is 6. The second-order valence-electron chi connectivity index (χ2n) is 4.08. The van der Waals surface area contributed by atoms with E-state index in [2.05, 4.69) is 0 Å². The van der Waals surface area contributed by atoms with Crippen molar-refractivity contribution in [1.29, 1.82) is 0 Å². The average molecular weight is 299 g/mol. The number of hydrogen-bond acceptors (Lipinski definition) is 5. The highest BCUT2D eigenvalue weighted by atomic mass is 35.5. The predicted molar refractivity (Wildman–Crippen MR) is 74.1 cm³/mol. The largest absolute Gasteiger partial charge is 0.462 e. The zero-order valence-corrected chi connectivity index (χ0v) is 11.8. The summed E-state index contributed by atoms with van der Waals surface area (Å²) in [7, 11) is 1.60. The Balaban J connectivity index is 1.91. The Labute approximate surface area is 122 Å². The van der Waals surface area contributed by atoms with Gasteiger partial charge in [0.15, 0.2) is 11.5 Å². The topological polar surface area (TPSA) is 54.0 Å². The smallest absolute Gasteiger partial charge is 0.330 e. The minimum absolute atomic E-state index is 0.157. The van der Waals surface area contributed by atoms with Crippen LogP contribution in [0, 0.1) is 0 Å². The van der Waals surface area contributed by atoms with Gasteiger partial charge in [0.05, 0.1) is 11.6 Å². The van der Waals surface area contributed by atoms with Crippen molar-refractivity contribution < 1.29 is 23.7 Å². The molecule has 108 valence electrons. The minimum atomic E-state index is -0.408. The van der Waals surface area contributed by atoms with Crippen molar-refractivity contribution in [1.82, 2.24) is 0 Å². The molecule has 0 N–H and O–H groups in total. The van der Waals surface area contributed by atoms with Crippen LogP contribution in [0.1, 0.15) is 12.0 Å². The fourth-order valence-electron chi connectivity index (χ4n) is 1.67. The Morgan fingerprint density at radius 3 is 3.05 bits per heavy atom. The summed E-state index contributed by atoms with van der Waals surface area (Å²) in [4.78, 5) is 11.5. The lowest BCUT2D eigenvalue weighted by molar-refractivity contribution is -0.138. The molecule has 0 spiro atoms. The van der Waals surface area contributed by atoms with E-state index in [1.165, 1.54) is 6.08 Å². The standard InChI is InChI=1S/C14H15ClO5/c1-17-5-2-6-18-13(16)4-3-10-7-11(15)14-12(8-10)19-9-20-14/h3-4,7-8H,2,5-6,9H2,1H3. The first kappa shape index (κ1) is 14.7. The van der Waals surface area contributed by atoms with E-state index < -0.39 is 5.97 Å².